The third kappa shape index (κ3) is 2.70. The van der Waals surface area contributed by atoms with E-state index in [1.54, 1.807) is 29.6 Å². The summed E-state index contributed by atoms with van der Waals surface area (Å²) in [6.45, 7) is 4.21. The maximum absolute atomic E-state index is 11.5. The Kier molecular flexibility index (Phi) is 3.66. The molecule has 0 saturated heterocycles. The van der Waals surface area contributed by atoms with Crippen LogP contribution in [0.3, 0.4) is 0 Å². The Balaban J connectivity index is 2.16. The molecule has 0 N–H and O–H groups in total. The molecule has 0 saturated carbocycles. The first-order valence-corrected chi connectivity index (χ1v) is 6.89. The van der Waals surface area contributed by atoms with Gasteiger partial charge < -0.3 is 0 Å². The Morgan fingerprint density at radius 2 is 1.61 bits per heavy atom. The molecule has 0 spiro atoms. The number of rotatable bonds is 3. The highest BCUT2D eigenvalue weighted by Crippen LogP contribution is 2.24. The van der Waals surface area contributed by atoms with Gasteiger partial charge in [0.25, 0.3) is 5.56 Å². The molecule has 0 amide bonds. The van der Waals surface area contributed by atoms with Crippen molar-refractivity contribution in [3.8, 4) is 0 Å². The molecule has 96 valence electrons. The van der Waals surface area contributed by atoms with Crippen LogP contribution in [-0.4, -0.2) is 9.36 Å². The lowest BCUT2D eigenvalue weighted by Gasteiger charge is -2.07. The van der Waals surface area contributed by atoms with Gasteiger partial charge in [0.05, 0.1) is 5.69 Å². The van der Waals surface area contributed by atoms with Crippen molar-refractivity contribution >= 4 is 11.8 Å². The summed E-state index contributed by atoms with van der Waals surface area (Å²) in [5, 5.41) is 0. The molecule has 0 bridgehead atoms. The van der Waals surface area contributed by atoms with Crippen molar-refractivity contribution in [3.05, 3.63) is 51.4 Å². The lowest BCUT2D eigenvalue weighted by atomic mass is 10.2. The van der Waals surface area contributed by atoms with Crippen molar-refractivity contribution in [2.75, 3.05) is 0 Å². The SMILES string of the molecule is Cc1cc(C)cc(SCc2cc(=O)n(C)n2C)c1. The summed E-state index contributed by atoms with van der Waals surface area (Å²) in [4.78, 5) is 12.8. The number of aryl methyl sites for hydroxylation is 2. The van der Waals surface area contributed by atoms with E-state index < -0.39 is 0 Å². The van der Waals surface area contributed by atoms with Crippen molar-refractivity contribution < 1.29 is 0 Å². The van der Waals surface area contributed by atoms with E-state index in [0.717, 1.165) is 11.4 Å². The molecule has 2 rings (SSSR count). The average molecular weight is 262 g/mol. The van der Waals surface area contributed by atoms with Gasteiger partial charge in [-0.3, -0.25) is 14.2 Å². The van der Waals surface area contributed by atoms with Crippen LogP contribution in [0, 0.1) is 13.8 Å². The maximum atomic E-state index is 11.5. The zero-order valence-corrected chi connectivity index (χ0v) is 12.0. The van der Waals surface area contributed by atoms with Crippen molar-refractivity contribution in [2.45, 2.75) is 24.5 Å². The minimum Gasteiger partial charge on any atom is -0.289 e. The second-order valence-electron chi connectivity index (χ2n) is 4.63. The first-order valence-electron chi connectivity index (χ1n) is 5.90. The fourth-order valence-corrected chi connectivity index (χ4v) is 3.10. The lowest BCUT2D eigenvalue weighted by Crippen LogP contribution is -2.16. The molecule has 0 aliphatic rings. The second-order valence-corrected chi connectivity index (χ2v) is 5.68. The van der Waals surface area contributed by atoms with E-state index >= 15 is 0 Å². The lowest BCUT2D eigenvalue weighted by molar-refractivity contribution is 0.565. The molecule has 2 aromatic rings. The van der Waals surface area contributed by atoms with Crippen molar-refractivity contribution in [2.24, 2.45) is 14.1 Å². The highest BCUT2D eigenvalue weighted by molar-refractivity contribution is 7.98. The van der Waals surface area contributed by atoms with E-state index in [-0.39, 0.29) is 5.56 Å². The zero-order chi connectivity index (χ0) is 13.3. The number of aromatic nitrogens is 2. The molecule has 1 heterocycles. The highest BCUT2D eigenvalue weighted by Gasteiger charge is 2.05. The minimum absolute atomic E-state index is 0.0496. The number of benzene rings is 1. The first-order chi connectivity index (χ1) is 8.47. The van der Waals surface area contributed by atoms with E-state index in [1.165, 1.54) is 16.0 Å². The summed E-state index contributed by atoms with van der Waals surface area (Å²) >= 11 is 1.76. The molecule has 3 nitrogen and oxygen atoms in total. The molecule has 0 aliphatic heterocycles. The minimum atomic E-state index is 0.0496. The van der Waals surface area contributed by atoms with E-state index in [2.05, 4.69) is 32.0 Å². The van der Waals surface area contributed by atoms with Gasteiger partial charge in [0.2, 0.25) is 0 Å². The fourth-order valence-electron chi connectivity index (χ4n) is 1.98. The number of thioether (sulfide) groups is 1. The average Bonchev–Trinajstić information content (AvgIpc) is 2.53. The van der Waals surface area contributed by atoms with Crippen LogP contribution in [0.5, 0.6) is 0 Å². The quantitative estimate of drug-likeness (QED) is 0.795. The Morgan fingerprint density at radius 3 is 2.11 bits per heavy atom. The Morgan fingerprint density at radius 1 is 1.00 bits per heavy atom. The summed E-state index contributed by atoms with van der Waals surface area (Å²) in [5.41, 5.74) is 3.65. The van der Waals surface area contributed by atoms with Gasteiger partial charge in [-0.15, -0.1) is 11.8 Å². The monoisotopic (exact) mass is 262 g/mol. The van der Waals surface area contributed by atoms with Crippen LogP contribution in [0.4, 0.5) is 0 Å². The van der Waals surface area contributed by atoms with Gasteiger partial charge in [-0.25, -0.2) is 0 Å². The van der Waals surface area contributed by atoms with E-state index in [1.807, 2.05) is 11.7 Å². The Hall–Kier alpha value is -1.42. The number of nitrogens with zero attached hydrogens (tertiary/aromatic N) is 2. The summed E-state index contributed by atoms with van der Waals surface area (Å²) in [6.07, 6.45) is 0. The van der Waals surface area contributed by atoms with Crippen LogP contribution in [0.25, 0.3) is 0 Å². The van der Waals surface area contributed by atoms with Crippen molar-refractivity contribution in [1.82, 2.24) is 9.36 Å². The summed E-state index contributed by atoms with van der Waals surface area (Å²) in [5.74, 6) is 0.815. The molecular formula is C14H18N2OS. The number of hydrogen-bond donors (Lipinski definition) is 0. The normalized spacial score (nSPS) is 10.9. The van der Waals surface area contributed by atoms with Crippen LogP contribution in [0.15, 0.2) is 34.0 Å². The molecule has 0 unspecified atom stereocenters. The third-order valence-corrected chi connectivity index (χ3v) is 4.07. The maximum Gasteiger partial charge on any atom is 0.266 e. The van der Waals surface area contributed by atoms with Crippen molar-refractivity contribution in [3.63, 3.8) is 0 Å². The summed E-state index contributed by atoms with van der Waals surface area (Å²) < 4.78 is 3.52. The van der Waals surface area contributed by atoms with Gasteiger partial charge in [0.15, 0.2) is 0 Å². The topological polar surface area (TPSA) is 26.9 Å². The predicted octanol–water partition coefficient (Wildman–Crippen LogP) is 2.63. The molecule has 18 heavy (non-hydrogen) atoms. The highest BCUT2D eigenvalue weighted by atomic mass is 32.2. The van der Waals surface area contributed by atoms with Crippen LogP contribution < -0.4 is 5.56 Å². The second kappa shape index (κ2) is 5.06. The molecule has 1 aromatic carbocycles. The van der Waals surface area contributed by atoms with E-state index in [9.17, 15) is 4.79 Å². The predicted molar refractivity (Wildman–Crippen MR) is 76.1 cm³/mol. The Labute approximate surface area is 111 Å². The van der Waals surface area contributed by atoms with Crippen LogP contribution in [0.2, 0.25) is 0 Å². The standard InChI is InChI=1S/C14H18N2OS/c1-10-5-11(2)7-13(6-10)18-9-12-8-14(17)16(4)15(12)3/h5-8H,9H2,1-4H3. The summed E-state index contributed by atoms with van der Waals surface area (Å²) in [6, 6.07) is 8.23. The van der Waals surface area contributed by atoms with Crippen LogP contribution >= 0.6 is 11.8 Å². The molecule has 1 aromatic heterocycles. The number of hydrogen-bond acceptors (Lipinski definition) is 2. The van der Waals surface area contributed by atoms with Gasteiger partial charge in [-0.1, -0.05) is 6.07 Å². The molecule has 0 radical (unpaired) electrons. The largest absolute Gasteiger partial charge is 0.289 e. The fraction of sp³-hybridized carbons (Fsp3) is 0.357. The van der Waals surface area contributed by atoms with Gasteiger partial charge in [0.1, 0.15) is 0 Å². The zero-order valence-electron chi connectivity index (χ0n) is 11.2. The first kappa shape index (κ1) is 13.0. The molecule has 0 atom stereocenters. The van der Waals surface area contributed by atoms with Crippen molar-refractivity contribution in [1.29, 1.82) is 0 Å². The molecule has 4 heteroatoms. The van der Waals surface area contributed by atoms with E-state index in [4.69, 9.17) is 0 Å². The van der Waals surface area contributed by atoms with Gasteiger partial charge in [0, 0.05) is 30.8 Å². The third-order valence-electron chi connectivity index (χ3n) is 3.06. The van der Waals surface area contributed by atoms with Gasteiger partial charge in [-0.05, 0) is 37.1 Å². The molecule has 0 aliphatic carbocycles. The van der Waals surface area contributed by atoms with Gasteiger partial charge in [-0.2, -0.15) is 0 Å². The van der Waals surface area contributed by atoms with Crippen LogP contribution in [-0.2, 0) is 19.8 Å². The van der Waals surface area contributed by atoms with E-state index in [0.29, 0.717) is 0 Å². The summed E-state index contributed by atoms with van der Waals surface area (Å²) in [7, 11) is 3.70. The molecule has 0 fully saturated rings. The van der Waals surface area contributed by atoms with Gasteiger partial charge >= 0.3 is 0 Å². The van der Waals surface area contributed by atoms with Crippen LogP contribution in [0.1, 0.15) is 16.8 Å². The molecular weight excluding hydrogens is 244 g/mol. The smallest absolute Gasteiger partial charge is 0.266 e. The Bertz CT molecular complexity index is 605.